The van der Waals surface area contributed by atoms with Gasteiger partial charge in [-0.15, -0.1) is 10.2 Å². The van der Waals surface area contributed by atoms with Gasteiger partial charge in [0.1, 0.15) is 18.6 Å². The Balaban J connectivity index is 1.48. The molecule has 5 heterocycles. The topological polar surface area (TPSA) is 214 Å². The number of hydrazine groups is 1. The van der Waals surface area contributed by atoms with Crippen LogP contribution in [-0.2, 0) is 52.8 Å². The number of ether oxygens (including phenoxy) is 2. The number of aliphatic hydroxyl groups is 1. The van der Waals surface area contributed by atoms with Gasteiger partial charge in [0.05, 0.1) is 36.4 Å². The Labute approximate surface area is 405 Å². The van der Waals surface area contributed by atoms with Crippen LogP contribution < -0.4 is 10.7 Å². The van der Waals surface area contributed by atoms with Crippen molar-refractivity contribution in [3.63, 3.8) is 0 Å². The lowest BCUT2D eigenvalue weighted by Crippen LogP contribution is -2.67. The van der Waals surface area contributed by atoms with E-state index in [1.165, 1.54) is 47.3 Å². The van der Waals surface area contributed by atoms with E-state index in [-0.39, 0.29) is 79.3 Å². The Kier molecular flexibility index (Phi) is 16.3. The van der Waals surface area contributed by atoms with Crippen molar-refractivity contribution in [1.29, 1.82) is 0 Å². The van der Waals surface area contributed by atoms with Crippen LogP contribution in [0.4, 0.5) is 13.2 Å². The summed E-state index contributed by atoms with van der Waals surface area (Å²) in [6.07, 6.45) is -1.24. The number of amides is 4. The highest BCUT2D eigenvalue weighted by Gasteiger charge is 2.46. The number of carbonyl (C=O) groups excluding carboxylic acids is 5. The molecule has 4 amide bonds. The van der Waals surface area contributed by atoms with Crippen molar-refractivity contribution in [3.8, 4) is 11.5 Å². The fourth-order valence-corrected chi connectivity index (χ4v) is 9.54. The average Bonchev–Trinajstić information content (AvgIpc) is 4.05. The summed E-state index contributed by atoms with van der Waals surface area (Å²) >= 11 is 0. The van der Waals surface area contributed by atoms with Crippen molar-refractivity contribution < 1.29 is 56.1 Å². The van der Waals surface area contributed by atoms with Crippen LogP contribution in [0.2, 0.25) is 0 Å². The van der Waals surface area contributed by atoms with Gasteiger partial charge >= 0.3 is 12.1 Å². The highest BCUT2D eigenvalue weighted by molar-refractivity contribution is 5.96. The Bertz CT molecular complexity index is 2570. The Morgan fingerprint density at radius 3 is 2.51 bits per heavy atom. The summed E-state index contributed by atoms with van der Waals surface area (Å²) in [6, 6.07) is 2.11. The van der Waals surface area contributed by atoms with E-state index in [0.717, 1.165) is 9.58 Å². The monoisotopic (exact) mass is 979 g/mol. The maximum absolute atomic E-state index is 14.7. The average molecular weight is 980 g/mol. The van der Waals surface area contributed by atoms with Crippen LogP contribution in [0.5, 0.6) is 0 Å². The van der Waals surface area contributed by atoms with Crippen LogP contribution in [0.15, 0.2) is 58.6 Å². The van der Waals surface area contributed by atoms with Gasteiger partial charge in [0.15, 0.2) is 0 Å². The fraction of sp³-hybridized carbons (Fsp3) is 0.551. The standard InChI is InChI=1S/C49H64F3N9O9/c1-11-32(39(53-13-3)29(7)68-14-4)41-34-24-47(8,9)27-69-46(66)48(67)19-15-20-61(57-48)45(65)35(54-42(63)40(28(5)6)58(10)44(64)31-18-21-59(25-31)38(62)12-2)23-37-55-56-43(70-37)30-16-17-36(33(34)22-30)60(41)26-49(50,51)52/h11-13,16-17,22,28-29,31,35,40,57,67H,1-2,14-15,18-21,23-27H2,3-10H3,(H,54,63)/b39-32+,53-13?/t29-,31-,35-,40-,48-/m0/s1. The lowest BCUT2D eigenvalue weighted by Gasteiger charge is -2.40. The number of alkyl halides is 3. The van der Waals surface area contributed by atoms with Gasteiger partial charge in [-0.3, -0.25) is 29.2 Å². The number of nitrogens with zero attached hydrogens (tertiary/aromatic N) is 7. The third-order valence-electron chi connectivity index (χ3n) is 12.8. The molecule has 0 radical (unpaired) electrons. The van der Waals surface area contributed by atoms with Crippen LogP contribution >= 0.6 is 0 Å². The predicted octanol–water partition coefficient (Wildman–Crippen LogP) is 5.15. The predicted molar refractivity (Wildman–Crippen MR) is 253 cm³/mol. The molecule has 3 aromatic rings. The summed E-state index contributed by atoms with van der Waals surface area (Å²) in [5.41, 5.74) is 0.924. The number of halogens is 3. The van der Waals surface area contributed by atoms with Gasteiger partial charge < -0.3 is 38.7 Å². The minimum Gasteiger partial charge on any atom is -0.462 e. The molecule has 2 aromatic heterocycles. The molecule has 3 aliphatic rings. The fourth-order valence-electron chi connectivity index (χ4n) is 9.54. The Hall–Kier alpha value is -6.19. The number of fused-ring (bicyclic) bond motifs is 6. The lowest BCUT2D eigenvalue weighted by molar-refractivity contribution is -0.189. The molecule has 0 saturated carbocycles. The van der Waals surface area contributed by atoms with Crippen LogP contribution in [0, 0.1) is 17.3 Å². The van der Waals surface area contributed by atoms with E-state index < -0.39 is 78.1 Å². The lowest BCUT2D eigenvalue weighted by atomic mass is 9.84. The summed E-state index contributed by atoms with van der Waals surface area (Å²) in [6.45, 7) is 18.8. The van der Waals surface area contributed by atoms with Gasteiger partial charge in [-0.2, -0.15) is 18.6 Å². The van der Waals surface area contributed by atoms with Crippen LogP contribution in [0.3, 0.4) is 0 Å². The summed E-state index contributed by atoms with van der Waals surface area (Å²) in [5, 5.41) is 24.5. The number of carbonyl (C=O) groups is 5. The van der Waals surface area contributed by atoms with Crippen LogP contribution in [-0.4, -0.2) is 140 Å². The molecule has 21 heteroatoms. The third kappa shape index (κ3) is 11.5. The maximum Gasteiger partial charge on any atom is 0.406 e. The molecule has 1 aromatic carbocycles. The highest BCUT2D eigenvalue weighted by Crippen LogP contribution is 2.41. The number of hydrogen-bond acceptors (Lipinski definition) is 13. The number of likely N-dealkylation sites (N-methyl/N-ethyl adjacent to an activating group) is 1. The van der Waals surface area contributed by atoms with Gasteiger partial charge in [0.25, 0.3) is 5.91 Å². The first-order valence-corrected chi connectivity index (χ1v) is 23.4. The first-order valence-electron chi connectivity index (χ1n) is 23.4. The second-order valence-electron chi connectivity index (χ2n) is 19.1. The van der Waals surface area contributed by atoms with E-state index >= 15 is 0 Å². The summed E-state index contributed by atoms with van der Waals surface area (Å²) in [7, 11) is 1.48. The molecule has 18 nitrogen and oxygen atoms in total. The number of nitrogens with one attached hydrogen (secondary N) is 2. The molecule has 6 rings (SSSR count). The maximum atomic E-state index is 14.7. The van der Waals surface area contributed by atoms with Crippen molar-refractivity contribution in [2.45, 2.75) is 117 Å². The van der Waals surface area contributed by atoms with Crippen molar-refractivity contribution in [1.82, 2.24) is 40.3 Å². The quantitative estimate of drug-likeness (QED) is 0.0878. The normalized spacial score (nSPS) is 22.4. The van der Waals surface area contributed by atoms with Crippen molar-refractivity contribution in [3.05, 3.63) is 66.4 Å². The Morgan fingerprint density at radius 2 is 1.87 bits per heavy atom. The molecular formula is C49H64F3N9O9. The van der Waals surface area contributed by atoms with Gasteiger partial charge in [0.2, 0.25) is 35.2 Å². The van der Waals surface area contributed by atoms with Gasteiger partial charge in [-0.05, 0) is 75.8 Å². The number of aromatic nitrogens is 3. The first kappa shape index (κ1) is 53.2. The number of esters is 1. The third-order valence-corrected chi connectivity index (χ3v) is 12.8. The van der Waals surface area contributed by atoms with Crippen molar-refractivity contribution in [2.24, 2.45) is 22.2 Å². The minimum absolute atomic E-state index is 0.000588. The molecule has 0 unspecified atom stereocenters. The summed E-state index contributed by atoms with van der Waals surface area (Å²) in [5.74, 6) is -4.50. The largest absolute Gasteiger partial charge is 0.462 e. The van der Waals surface area contributed by atoms with E-state index in [2.05, 4.69) is 39.1 Å². The number of likely N-dealkylation sites (tertiary alicyclic amines) is 1. The molecule has 0 spiro atoms. The number of hydrogen-bond donors (Lipinski definition) is 3. The molecule has 70 heavy (non-hydrogen) atoms. The SMILES string of the molecule is C=CC(=O)N1CC[C@H](C(=O)N(C)[C@H](C(=O)N[C@H]2Cc3nnc(o3)-c3ccc4c(c3)c(c(/C(C=C)=C(/N=CC)[C@H](C)OCC)n4CC(F)(F)F)CC(C)(C)COC(=O)[C@@]3(O)CCCN(N3)C2=O)C(C)C)C1. The number of rotatable bonds is 13. The van der Waals surface area contributed by atoms with Crippen molar-refractivity contribution in [2.75, 3.05) is 39.9 Å². The molecule has 0 aliphatic carbocycles. The van der Waals surface area contributed by atoms with Gasteiger partial charge in [0, 0.05) is 73.4 Å². The smallest absolute Gasteiger partial charge is 0.406 e. The van der Waals surface area contributed by atoms with E-state index in [1.807, 2.05) is 0 Å². The zero-order chi connectivity index (χ0) is 51.5. The molecular weight excluding hydrogens is 916 g/mol. The molecule has 380 valence electrons. The molecule has 5 atom stereocenters. The number of allylic oxidation sites excluding steroid dienone is 2. The molecule has 6 bridgehead atoms. The Morgan fingerprint density at radius 1 is 1.14 bits per heavy atom. The molecule has 3 aliphatic heterocycles. The van der Waals surface area contributed by atoms with E-state index in [9.17, 15) is 42.3 Å². The van der Waals surface area contributed by atoms with Crippen LogP contribution in [0.1, 0.15) is 84.9 Å². The zero-order valence-corrected chi connectivity index (χ0v) is 41.0. The second kappa shape index (κ2) is 21.4. The molecule has 3 N–H and O–H groups in total. The van der Waals surface area contributed by atoms with Crippen LogP contribution in [0.25, 0.3) is 27.9 Å². The molecule has 2 saturated heterocycles. The van der Waals surface area contributed by atoms with Gasteiger partial charge in [-0.25, -0.2) is 4.79 Å². The van der Waals surface area contributed by atoms with E-state index in [1.54, 1.807) is 54.5 Å². The van der Waals surface area contributed by atoms with Crippen molar-refractivity contribution >= 4 is 52.3 Å². The second-order valence-corrected chi connectivity index (χ2v) is 19.1. The first-order chi connectivity index (χ1) is 33.0. The zero-order valence-electron chi connectivity index (χ0n) is 41.0. The number of benzene rings is 1. The molecule has 2 fully saturated rings. The minimum atomic E-state index is -4.69. The van der Waals surface area contributed by atoms with Gasteiger partial charge in [-0.1, -0.05) is 46.9 Å². The van der Waals surface area contributed by atoms with E-state index in [0.29, 0.717) is 41.8 Å². The number of cyclic esters (lactones) is 1. The van der Waals surface area contributed by atoms with E-state index in [4.69, 9.17) is 13.9 Å². The highest BCUT2D eigenvalue weighted by atomic mass is 19.4. The summed E-state index contributed by atoms with van der Waals surface area (Å²) < 4.78 is 63.2. The summed E-state index contributed by atoms with van der Waals surface area (Å²) in [4.78, 5) is 76.4. The number of aliphatic imine (C=N–C) groups is 1.